The lowest BCUT2D eigenvalue weighted by Gasteiger charge is -2.19. The first-order valence-corrected chi connectivity index (χ1v) is 12.2. The Morgan fingerprint density at radius 2 is 1.85 bits per heavy atom. The Morgan fingerprint density at radius 1 is 1.15 bits per heavy atom. The summed E-state index contributed by atoms with van der Waals surface area (Å²) in [5, 5.41) is 12.1. The van der Waals surface area contributed by atoms with Crippen LogP contribution >= 0.6 is 0 Å². The molecule has 0 heterocycles. The Bertz CT molecular complexity index is 1090. The molecule has 2 aromatic rings. The number of amides is 1. The molecule has 11 heteroatoms. The molecule has 1 amide bonds. The van der Waals surface area contributed by atoms with Crippen molar-refractivity contribution in [1.29, 1.82) is 0 Å². The number of carbonyl (C=O) groups excluding carboxylic acids is 1. The number of anilines is 2. The van der Waals surface area contributed by atoms with Crippen LogP contribution < -0.4 is 19.5 Å². The fourth-order valence-electron chi connectivity index (χ4n) is 3.00. The molecule has 8 nitrogen and oxygen atoms in total. The molecule has 3 N–H and O–H groups in total. The highest BCUT2D eigenvalue weighted by molar-refractivity contribution is 7.92. The number of halogens is 2. The summed E-state index contributed by atoms with van der Waals surface area (Å²) in [7, 11) is -4.19. The van der Waals surface area contributed by atoms with Gasteiger partial charge in [0.2, 0.25) is 5.91 Å². The molecule has 0 bridgehead atoms. The molecule has 0 radical (unpaired) electrons. The maximum atomic E-state index is 13.1. The van der Waals surface area contributed by atoms with Crippen LogP contribution in [0.2, 0.25) is 0 Å². The van der Waals surface area contributed by atoms with E-state index in [0.29, 0.717) is 19.0 Å². The van der Waals surface area contributed by atoms with Gasteiger partial charge in [-0.15, -0.1) is 0 Å². The van der Waals surface area contributed by atoms with Gasteiger partial charge in [-0.3, -0.25) is 9.52 Å². The van der Waals surface area contributed by atoms with E-state index in [9.17, 15) is 27.1 Å². The van der Waals surface area contributed by atoms with Crippen LogP contribution in [0.4, 0.5) is 20.2 Å². The van der Waals surface area contributed by atoms with Crippen LogP contribution in [0, 0.1) is 11.8 Å². The van der Waals surface area contributed by atoms with Crippen LogP contribution in [0.25, 0.3) is 0 Å². The third kappa shape index (κ3) is 7.84. The second-order valence-electron chi connectivity index (χ2n) is 8.08. The molecule has 0 saturated carbocycles. The second kappa shape index (κ2) is 11.5. The number of aliphatic hydroxyl groups excluding tert-OH is 1. The SMILES string of the molecule is CCCOc1cc(NC(=O)[C@@H](CO)C(C)C)ccc1S(=O)(=O)Nc1cccc(OC(C)(F)F)c1. The maximum absolute atomic E-state index is 13.1. The maximum Gasteiger partial charge on any atom is 0.394 e. The van der Waals surface area contributed by atoms with Crippen molar-refractivity contribution >= 4 is 27.3 Å². The number of carbonyl (C=O) groups is 1. The Balaban J connectivity index is 2.33. The van der Waals surface area contributed by atoms with E-state index < -0.39 is 28.0 Å². The van der Waals surface area contributed by atoms with Gasteiger partial charge in [0.1, 0.15) is 16.4 Å². The Kier molecular flexibility index (Phi) is 9.22. The number of hydrogen-bond acceptors (Lipinski definition) is 6. The van der Waals surface area contributed by atoms with E-state index in [-0.39, 0.29) is 41.2 Å². The molecule has 0 aromatic heterocycles. The molecule has 2 rings (SSSR count). The van der Waals surface area contributed by atoms with Crippen LogP contribution in [0.3, 0.4) is 0 Å². The fraction of sp³-hybridized carbons (Fsp3) is 0.435. The molecule has 0 aliphatic heterocycles. The minimum absolute atomic E-state index is 0.00439. The topological polar surface area (TPSA) is 114 Å². The summed E-state index contributed by atoms with van der Waals surface area (Å²) in [6, 6.07) is 9.23. The van der Waals surface area contributed by atoms with Crippen molar-refractivity contribution in [3.8, 4) is 11.5 Å². The molecular formula is C23H30F2N2O6S. The van der Waals surface area contributed by atoms with Gasteiger partial charge in [-0.1, -0.05) is 26.8 Å². The number of sulfonamides is 1. The Labute approximate surface area is 198 Å². The number of ether oxygens (including phenoxy) is 2. The van der Waals surface area contributed by atoms with E-state index in [4.69, 9.17) is 4.74 Å². The molecule has 0 aliphatic carbocycles. The van der Waals surface area contributed by atoms with E-state index in [1.807, 2.05) is 6.92 Å². The van der Waals surface area contributed by atoms with Crippen molar-refractivity contribution in [2.75, 3.05) is 23.3 Å². The quantitative estimate of drug-likeness (QED) is 0.396. The van der Waals surface area contributed by atoms with Gasteiger partial charge in [-0.05, 0) is 36.6 Å². The average molecular weight is 501 g/mol. The van der Waals surface area contributed by atoms with Gasteiger partial charge in [0.25, 0.3) is 10.0 Å². The predicted octanol–water partition coefficient (Wildman–Crippen LogP) is 4.47. The molecule has 0 unspecified atom stereocenters. The fourth-order valence-corrected chi connectivity index (χ4v) is 4.18. The summed E-state index contributed by atoms with van der Waals surface area (Å²) in [5.41, 5.74) is 0.318. The Hall–Kier alpha value is -2.92. The normalized spacial score (nSPS) is 12.8. The number of nitrogens with one attached hydrogen (secondary N) is 2. The molecule has 0 saturated heterocycles. The Morgan fingerprint density at radius 3 is 2.44 bits per heavy atom. The van der Waals surface area contributed by atoms with Crippen molar-refractivity contribution in [2.24, 2.45) is 11.8 Å². The van der Waals surface area contributed by atoms with Crippen molar-refractivity contribution in [3.63, 3.8) is 0 Å². The first kappa shape index (κ1) is 27.3. The summed E-state index contributed by atoms with van der Waals surface area (Å²) in [6.07, 6.45) is -2.82. The minimum Gasteiger partial charge on any atom is -0.492 e. The first-order valence-electron chi connectivity index (χ1n) is 10.7. The summed E-state index contributed by atoms with van der Waals surface area (Å²) >= 11 is 0. The molecule has 0 aliphatic rings. The van der Waals surface area contributed by atoms with Crippen molar-refractivity contribution in [3.05, 3.63) is 42.5 Å². The predicted molar refractivity (Wildman–Crippen MR) is 125 cm³/mol. The summed E-state index contributed by atoms with van der Waals surface area (Å²) < 4.78 is 64.8. The lowest BCUT2D eigenvalue weighted by molar-refractivity contribution is -0.158. The van der Waals surface area contributed by atoms with Crippen molar-refractivity contribution in [2.45, 2.75) is 45.1 Å². The molecular weight excluding hydrogens is 470 g/mol. The summed E-state index contributed by atoms with van der Waals surface area (Å²) in [6.45, 7) is 5.93. The first-order chi connectivity index (χ1) is 15.9. The van der Waals surface area contributed by atoms with Gasteiger partial charge in [0.15, 0.2) is 0 Å². The van der Waals surface area contributed by atoms with Gasteiger partial charge in [0.05, 0.1) is 24.8 Å². The van der Waals surface area contributed by atoms with Gasteiger partial charge in [-0.25, -0.2) is 8.42 Å². The number of rotatable bonds is 12. The van der Waals surface area contributed by atoms with Crippen LogP contribution in [-0.2, 0) is 14.8 Å². The highest BCUT2D eigenvalue weighted by Crippen LogP contribution is 2.31. The minimum atomic E-state index is -4.19. The van der Waals surface area contributed by atoms with Crippen LogP contribution in [0.1, 0.15) is 34.1 Å². The van der Waals surface area contributed by atoms with E-state index in [2.05, 4.69) is 14.8 Å². The lowest BCUT2D eigenvalue weighted by Crippen LogP contribution is -2.29. The average Bonchev–Trinajstić information content (AvgIpc) is 2.71. The number of benzene rings is 2. The molecule has 34 heavy (non-hydrogen) atoms. The zero-order chi connectivity index (χ0) is 25.5. The van der Waals surface area contributed by atoms with Gasteiger partial charge >= 0.3 is 6.11 Å². The third-order valence-corrected chi connectivity index (χ3v) is 6.10. The molecule has 0 spiro atoms. The van der Waals surface area contributed by atoms with Gasteiger partial charge in [0, 0.05) is 24.7 Å². The number of hydrogen-bond donors (Lipinski definition) is 3. The second-order valence-corrected chi connectivity index (χ2v) is 9.73. The molecule has 2 aromatic carbocycles. The largest absolute Gasteiger partial charge is 0.492 e. The molecule has 0 fully saturated rings. The molecule has 1 atom stereocenters. The monoisotopic (exact) mass is 500 g/mol. The van der Waals surface area contributed by atoms with Crippen molar-refractivity contribution in [1.82, 2.24) is 0 Å². The van der Waals surface area contributed by atoms with Crippen LogP contribution in [0.15, 0.2) is 47.4 Å². The van der Waals surface area contributed by atoms with E-state index in [1.165, 1.54) is 36.4 Å². The number of alkyl halides is 2. The highest BCUT2D eigenvalue weighted by Gasteiger charge is 2.25. The van der Waals surface area contributed by atoms with Gasteiger partial charge in [-0.2, -0.15) is 8.78 Å². The third-order valence-electron chi connectivity index (χ3n) is 4.68. The van der Waals surface area contributed by atoms with E-state index in [1.54, 1.807) is 13.8 Å². The standard InChI is InChI=1S/C23H30F2N2O6S/c1-5-11-32-20-13-16(26-22(29)19(14-28)15(2)3)9-10-21(20)34(30,31)27-17-7-6-8-18(12-17)33-23(4,24)25/h6-10,12-13,15,19,27-28H,5,11,14H2,1-4H3,(H,26,29)/t19-/m0/s1. The van der Waals surface area contributed by atoms with Crippen molar-refractivity contribution < 1.29 is 36.6 Å². The smallest absolute Gasteiger partial charge is 0.394 e. The van der Waals surface area contributed by atoms with E-state index in [0.717, 1.165) is 6.07 Å². The van der Waals surface area contributed by atoms with Gasteiger partial charge < -0.3 is 19.9 Å². The highest BCUT2D eigenvalue weighted by atomic mass is 32.2. The molecule has 188 valence electrons. The van der Waals surface area contributed by atoms with Crippen LogP contribution in [-0.4, -0.2) is 38.8 Å². The zero-order valence-corrected chi connectivity index (χ0v) is 20.3. The van der Waals surface area contributed by atoms with E-state index >= 15 is 0 Å². The summed E-state index contributed by atoms with van der Waals surface area (Å²) in [4.78, 5) is 12.3. The summed E-state index contributed by atoms with van der Waals surface area (Å²) in [5.74, 6) is -1.34. The zero-order valence-electron chi connectivity index (χ0n) is 19.5. The van der Waals surface area contributed by atoms with Crippen LogP contribution in [0.5, 0.6) is 11.5 Å². The number of aliphatic hydroxyl groups is 1. The lowest BCUT2D eigenvalue weighted by atomic mass is 9.96.